The molecule has 0 aliphatic carbocycles. The summed E-state index contributed by atoms with van der Waals surface area (Å²) in [7, 11) is 0. The molecule has 1 aromatic rings. The summed E-state index contributed by atoms with van der Waals surface area (Å²) in [5, 5.41) is 0. The Bertz CT molecular complexity index is 507. The number of nitrogens with zero attached hydrogens (tertiary/aromatic N) is 3. The molecule has 2 rings (SSSR count). The standard InChI is InChI=1S/C14H18BrN3O3/c1-10(19)4-5-13(20)18-6-2-3-12(9-18)21-14-16-7-11(15)8-17-14/h7-8,12H,2-6,9H2,1H3. The second-order valence-corrected chi connectivity index (χ2v) is 6.02. The maximum absolute atomic E-state index is 12.0. The van der Waals surface area contributed by atoms with Crippen LogP contribution in [-0.4, -0.2) is 45.8 Å². The first-order valence-electron chi connectivity index (χ1n) is 6.96. The Kier molecular flexibility index (Phi) is 5.67. The maximum Gasteiger partial charge on any atom is 0.316 e. The highest BCUT2D eigenvalue weighted by molar-refractivity contribution is 9.10. The number of carbonyl (C=O) groups is 2. The highest BCUT2D eigenvalue weighted by atomic mass is 79.9. The molecule has 2 heterocycles. The molecule has 0 N–H and O–H groups in total. The van der Waals surface area contributed by atoms with E-state index in [0.717, 1.165) is 23.9 Å². The van der Waals surface area contributed by atoms with Gasteiger partial charge in [-0.05, 0) is 35.7 Å². The third kappa shape index (κ3) is 5.08. The minimum absolute atomic E-state index is 0.00947. The number of rotatable bonds is 5. The van der Waals surface area contributed by atoms with Gasteiger partial charge in [-0.2, -0.15) is 0 Å². The number of piperidine rings is 1. The molecule has 0 saturated carbocycles. The number of halogens is 1. The highest BCUT2D eigenvalue weighted by Gasteiger charge is 2.25. The van der Waals surface area contributed by atoms with Crippen LogP contribution in [0.4, 0.5) is 0 Å². The first-order valence-corrected chi connectivity index (χ1v) is 7.75. The molecule has 1 atom stereocenters. The third-order valence-corrected chi connectivity index (χ3v) is 3.70. The highest BCUT2D eigenvalue weighted by Crippen LogP contribution is 2.17. The fourth-order valence-electron chi connectivity index (χ4n) is 2.21. The number of likely N-dealkylation sites (tertiary alicyclic amines) is 1. The van der Waals surface area contributed by atoms with E-state index >= 15 is 0 Å². The number of hydrogen-bond donors (Lipinski definition) is 0. The molecular weight excluding hydrogens is 338 g/mol. The van der Waals surface area contributed by atoms with Gasteiger partial charge >= 0.3 is 6.01 Å². The van der Waals surface area contributed by atoms with Crippen molar-refractivity contribution >= 4 is 27.6 Å². The number of Topliss-reactive ketones (excluding diaryl/α,β-unsaturated/α-hetero) is 1. The maximum atomic E-state index is 12.0. The minimum Gasteiger partial charge on any atom is -0.458 e. The van der Waals surface area contributed by atoms with Crippen molar-refractivity contribution in [3.63, 3.8) is 0 Å². The molecule has 1 aliphatic heterocycles. The summed E-state index contributed by atoms with van der Waals surface area (Å²) >= 11 is 3.27. The van der Waals surface area contributed by atoms with Crippen LogP contribution < -0.4 is 4.74 Å². The molecule has 114 valence electrons. The van der Waals surface area contributed by atoms with Gasteiger partial charge in [-0.3, -0.25) is 4.79 Å². The Balaban J connectivity index is 1.86. The predicted octanol–water partition coefficient (Wildman–Crippen LogP) is 1.98. The molecule has 0 spiro atoms. The van der Waals surface area contributed by atoms with E-state index in [1.165, 1.54) is 6.92 Å². The van der Waals surface area contributed by atoms with Crippen molar-refractivity contribution in [2.45, 2.75) is 38.7 Å². The van der Waals surface area contributed by atoms with Gasteiger partial charge in [0.15, 0.2) is 0 Å². The molecule has 1 aliphatic rings. The Morgan fingerprint density at radius 2 is 2.10 bits per heavy atom. The fourth-order valence-corrected chi connectivity index (χ4v) is 2.42. The minimum atomic E-state index is -0.0961. The molecule has 0 radical (unpaired) electrons. The lowest BCUT2D eigenvalue weighted by Crippen LogP contribution is -2.44. The second-order valence-electron chi connectivity index (χ2n) is 5.11. The summed E-state index contributed by atoms with van der Waals surface area (Å²) < 4.78 is 6.50. The topological polar surface area (TPSA) is 72.4 Å². The van der Waals surface area contributed by atoms with Gasteiger partial charge in [0.2, 0.25) is 5.91 Å². The number of amides is 1. The van der Waals surface area contributed by atoms with Crippen molar-refractivity contribution in [3.8, 4) is 6.01 Å². The summed E-state index contributed by atoms with van der Waals surface area (Å²) in [5.74, 6) is 0.0478. The molecule has 21 heavy (non-hydrogen) atoms. The van der Waals surface area contributed by atoms with Gasteiger partial charge in [0, 0.05) is 31.8 Å². The molecule has 1 saturated heterocycles. The van der Waals surface area contributed by atoms with E-state index in [-0.39, 0.29) is 24.2 Å². The molecule has 0 bridgehead atoms. The number of aromatic nitrogens is 2. The van der Waals surface area contributed by atoms with Gasteiger partial charge in [-0.1, -0.05) is 0 Å². The normalized spacial score (nSPS) is 18.4. The van der Waals surface area contributed by atoms with Crippen LogP contribution in [0, 0.1) is 0 Å². The van der Waals surface area contributed by atoms with Crippen LogP contribution in [0.1, 0.15) is 32.6 Å². The van der Waals surface area contributed by atoms with E-state index in [0.29, 0.717) is 19.0 Å². The average Bonchev–Trinajstić information content (AvgIpc) is 2.47. The van der Waals surface area contributed by atoms with Crippen LogP contribution in [0.25, 0.3) is 0 Å². The van der Waals surface area contributed by atoms with Crippen molar-refractivity contribution in [1.82, 2.24) is 14.9 Å². The van der Waals surface area contributed by atoms with Crippen LogP contribution in [0.2, 0.25) is 0 Å². The smallest absolute Gasteiger partial charge is 0.316 e. The molecule has 7 heteroatoms. The second kappa shape index (κ2) is 7.49. The Hall–Kier alpha value is -1.50. The number of ether oxygens (including phenoxy) is 1. The molecular formula is C14H18BrN3O3. The van der Waals surface area contributed by atoms with Crippen molar-refractivity contribution in [2.24, 2.45) is 0 Å². The first kappa shape index (κ1) is 15.9. The van der Waals surface area contributed by atoms with Gasteiger partial charge in [-0.15, -0.1) is 0 Å². The van der Waals surface area contributed by atoms with Crippen molar-refractivity contribution < 1.29 is 14.3 Å². The van der Waals surface area contributed by atoms with Crippen LogP contribution >= 0.6 is 15.9 Å². The van der Waals surface area contributed by atoms with E-state index in [4.69, 9.17) is 4.74 Å². The van der Waals surface area contributed by atoms with Gasteiger partial charge in [0.25, 0.3) is 0 Å². The lowest BCUT2D eigenvalue weighted by molar-refractivity contribution is -0.135. The molecule has 1 aromatic heterocycles. The number of hydrogen-bond acceptors (Lipinski definition) is 5. The van der Waals surface area contributed by atoms with Gasteiger partial charge in [0.05, 0.1) is 11.0 Å². The zero-order chi connectivity index (χ0) is 15.2. The van der Waals surface area contributed by atoms with Crippen LogP contribution in [0.15, 0.2) is 16.9 Å². The molecule has 1 fully saturated rings. The quantitative estimate of drug-likeness (QED) is 0.807. The third-order valence-electron chi connectivity index (χ3n) is 3.29. The monoisotopic (exact) mass is 355 g/mol. The van der Waals surface area contributed by atoms with Crippen LogP contribution in [0.3, 0.4) is 0 Å². The van der Waals surface area contributed by atoms with Crippen molar-refractivity contribution in [2.75, 3.05) is 13.1 Å². The summed E-state index contributed by atoms with van der Waals surface area (Å²) in [5.41, 5.74) is 0. The number of carbonyl (C=O) groups excluding carboxylic acids is 2. The van der Waals surface area contributed by atoms with Crippen molar-refractivity contribution in [3.05, 3.63) is 16.9 Å². The van der Waals surface area contributed by atoms with E-state index in [1.807, 2.05) is 0 Å². The van der Waals surface area contributed by atoms with Gasteiger partial charge in [-0.25, -0.2) is 9.97 Å². The van der Waals surface area contributed by atoms with Crippen molar-refractivity contribution in [1.29, 1.82) is 0 Å². The van der Waals surface area contributed by atoms with Crippen LogP contribution in [-0.2, 0) is 9.59 Å². The molecule has 1 amide bonds. The SMILES string of the molecule is CC(=O)CCC(=O)N1CCCC(Oc2ncc(Br)cn2)C1. The summed E-state index contributed by atoms with van der Waals surface area (Å²) in [6.07, 6.45) is 5.49. The summed E-state index contributed by atoms with van der Waals surface area (Å²) in [4.78, 5) is 32.9. The largest absolute Gasteiger partial charge is 0.458 e. The first-order chi connectivity index (χ1) is 10.0. The lowest BCUT2D eigenvalue weighted by Gasteiger charge is -2.32. The Morgan fingerprint density at radius 1 is 1.38 bits per heavy atom. The van der Waals surface area contributed by atoms with Gasteiger partial charge in [0.1, 0.15) is 11.9 Å². The average molecular weight is 356 g/mol. The Morgan fingerprint density at radius 3 is 2.76 bits per heavy atom. The van der Waals surface area contributed by atoms with E-state index in [1.54, 1.807) is 17.3 Å². The summed E-state index contributed by atoms with van der Waals surface area (Å²) in [6.45, 7) is 2.74. The molecule has 1 unspecified atom stereocenters. The zero-order valence-electron chi connectivity index (χ0n) is 11.9. The zero-order valence-corrected chi connectivity index (χ0v) is 13.5. The molecule has 0 aromatic carbocycles. The summed E-state index contributed by atoms with van der Waals surface area (Å²) in [6, 6.07) is 0.321. The molecule has 6 nitrogen and oxygen atoms in total. The van der Waals surface area contributed by atoms with E-state index < -0.39 is 0 Å². The lowest BCUT2D eigenvalue weighted by atomic mass is 10.1. The van der Waals surface area contributed by atoms with E-state index in [9.17, 15) is 9.59 Å². The van der Waals surface area contributed by atoms with Gasteiger partial charge < -0.3 is 14.4 Å². The number of ketones is 1. The van der Waals surface area contributed by atoms with Crippen LogP contribution in [0.5, 0.6) is 6.01 Å². The Labute approximate surface area is 132 Å². The van der Waals surface area contributed by atoms with E-state index in [2.05, 4.69) is 25.9 Å². The fraction of sp³-hybridized carbons (Fsp3) is 0.571. The predicted molar refractivity (Wildman–Crippen MR) is 79.9 cm³/mol.